The predicted molar refractivity (Wildman–Crippen MR) is 147 cm³/mol. The van der Waals surface area contributed by atoms with E-state index in [1.807, 2.05) is 36.4 Å². The number of hydrogen-bond donors (Lipinski definition) is 3. The van der Waals surface area contributed by atoms with E-state index in [9.17, 15) is 14.4 Å². The zero-order chi connectivity index (χ0) is 26.6. The zero-order valence-corrected chi connectivity index (χ0v) is 22.0. The lowest BCUT2D eigenvalue weighted by atomic mass is 10.1. The van der Waals surface area contributed by atoms with Gasteiger partial charge in [0.05, 0.1) is 22.7 Å². The molecule has 1 fully saturated rings. The van der Waals surface area contributed by atoms with Crippen LogP contribution in [0, 0.1) is 6.92 Å². The fraction of sp³-hybridized carbons (Fsp3) is 0.296. The van der Waals surface area contributed by atoms with Crippen LogP contribution in [-0.2, 0) is 11.8 Å². The van der Waals surface area contributed by atoms with Gasteiger partial charge in [0.15, 0.2) is 0 Å². The van der Waals surface area contributed by atoms with Crippen molar-refractivity contribution < 1.29 is 9.59 Å². The first kappa shape index (κ1) is 25.5. The van der Waals surface area contributed by atoms with Crippen molar-refractivity contribution in [3.05, 3.63) is 82.0 Å². The van der Waals surface area contributed by atoms with Gasteiger partial charge in [-0.1, -0.05) is 43.2 Å². The van der Waals surface area contributed by atoms with Gasteiger partial charge in [0.25, 0.3) is 11.5 Å². The number of H-pyrrole nitrogens is 1. The Kier molecular flexibility index (Phi) is 7.45. The van der Waals surface area contributed by atoms with Crippen LogP contribution in [0.3, 0.4) is 0 Å². The summed E-state index contributed by atoms with van der Waals surface area (Å²) in [5, 5.41) is 12.6. The summed E-state index contributed by atoms with van der Waals surface area (Å²) in [4.78, 5) is 44.0. The van der Waals surface area contributed by atoms with Crippen molar-refractivity contribution in [2.45, 2.75) is 43.4 Å². The molecule has 2 aromatic heterocycles. The van der Waals surface area contributed by atoms with Gasteiger partial charge >= 0.3 is 0 Å². The third kappa shape index (κ3) is 5.28. The van der Waals surface area contributed by atoms with Crippen LogP contribution in [0.15, 0.2) is 64.3 Å². The topological polar surface area (TPSA) is 127 Å². The Morgan fingerprint density at radius 1 is 1.05 bits per heavy atom. The van der Waals surface area contributed by atoms with Crippen LogP contribution >= 0.6 is 11.8 Å². The van der Waals surface area contributed by atoms with E-state index < -0.39 is 0 Å². The molecule has 2 aromatic carbocycles. The molecule has 1 saturated carbocycles. The molecule has 0 unspecified atom stereocenters. The maximum atomic E-state index is 13.1. The van der Waals surface area contributed by atoms with E-state index in [4.69, 9.17) is 0 Å². The van der Waals surface area contributed by atoms with Crippen LogP contribution in [0.5, 0.6) is 0 Å². The highest BCUT2D eigenvalue weighted by atomic mass is 32.2. The molecular weight excluding hydrogens is 502 g/mol. The monoisotopic (exact) mass is 531 g/mol. The lowest BCUT2D eigenvalue weighted by Crippen LogP contribution is -2.23. The number of benzene rings is 2. The quantitative estimate of drug-likeness (QED) is 0.292. The Bertz CT molecular complexity index is 1520. The highest BCUT2D eigenvalue weighted by Gasteiger charge is 2.22. The summed E-state index contributed by atoms with van der Waals surface area (Å²) in [6.07, 6.45) is 4.51. The second-order valence-electron chi connectivity index (χ2n) is 9.25. The number of amides is 2. The molecule has 11 heteroatoms. The van der Waals surface area contributed by atoms with Crippen LogP contribution < -0.4 is 16.2 Å². The minimum Gasteiger partial charge on any atom is -0.319 e. The average Bonchev–Trinajstić information content (AvgIpc) is 3.67. The van der Waals surface area contributed by atoms with E-state index in [1.54, 1.807) is 36.9 Å². The average molecular weight is 532 g/mol. The maximum absolute atomic E-state index is 13.1. The van der Waals surface area contributed by atoms with E-state index in [0.717, 1.165) is 18.7 Å². The Labute approximate surface area is 223 Å². The highest BCUT2D eigenvalue weighted by Crippen LogP contribution is 2.32. The third-order valence-corrected chi connectivity index (χ3v) is 7.85. The van der Waals surface area contributed by atoms with Crippen LogP contribution in [0.1, 0.15) is 53.5 Å². The van der Waals surface area contributed by atoms with Crippen LogP contribution in [0.2, 0.25) is 0 Å². The smallest absolute Gasteiger partial charge is 0.295 e. The first-order valence-electron chi connectivity index (χ1n) is 12.5. The fourth-order valence-electron chi connectivity index (χ4n) is 4.69. The summed E-state index contributed by atoms with van der Waals surface area (Å²) < 4.78 is 3.22. The summed E-state index contributed by atoms with van der Waals surface area (Å²) >= 11 is 1.22. The number of thioether (sulfide) groups is 1. The molecule has 0 spiro atoms. The van der Waals surface area contributed by atoms with E-state index in [1.165, 1.54) is 29.3 Å². The molecule has 1 aliphatic rings. The van der Waals surface area contributed by atoms with Gasteiger partial charge in [0.2, 0.25) is 11.9 Å². The summed E-state index contributed by atoms with van der Waals surface area (Å²) in [5.74, 6) is 0.736. The summed E-state index contributed by atoms with van der Waals surface area (Å²) in [7, 11) is 1.77. The van der Waals surface area contributed by atoms with Crippen molar-refractivity contribution in [3.8, 4) is 5.69 Å². The number of nitrogens with zero attached hydrogens (tertiary/aromatic N) is 4. The number of para-hydroxylation sites is 1. The molecule has 0 bridgehead atoms. The Hall–Kier alpha value is -4.12. The minimum absolute atomic E-state index is 0.0237. The van der Waals surface area contributed by atoms with Gasteiger partial charge in [0.1, 0.15) is 11.5 Å². The Morgan fingerprint density at radius 2 is 1.76 bits per heavy atom. The first-order chi connectivity index (χ1) is 18.4. The van der Waals surface area contributed by atoms with Crippen molar-refractivity contribution in [2.24, 2.45) is 7.05 Å². The van der Waals surface area contributed by atoms with Gasteiger partial charge in [-0.25, -0.2) is 4.68 Å². The molecule has 5 rings (SSSR count). The second kappa shape index (κ2) is 11.1. The summed E-state index contributed by atoms with van der Waals surface area (Å²) in [5.41, 5.74) is 1.69. The van der Waals surface area contributed by atoms with Crippen molar-refractivity contribution in [3.63, 3.8) is 0 Å². The summed E-state index contributed by atoms with van der Waals surface area (Å²) in [6, 6.07) is 16.3. The molecule has 38 heavy (non-hydrogen) atoms. The van der Waals surface area contributed by atoms with E-state index >= 15 is 0 Å². The second-order valence-corrected chi connectivity index (χ2v) is 10.3. The van der Waals surface area contributed by atoms with E-state index in [-0.39, 0.29) is 34.8 Å². The number of aromatic nitrogens is 5. The fourth-order valence-corrected chi connectivity index (χ4v) is 5.54. The molecule has 4 aromatic rings. The number of nitrogens with one attached hydrogen (secondary N) is 3. The zero-order valence-electron chi connectivity index (χ0n) is 21.2. The molecule has 0 radical (unpaired) electrons. The Balaban J connectivity index is 1.25. The molecule has 0 aliphatic heterocycles. The van der Waals surface area contributed by atoms with Gasteiger partial charge in [-0.15, -0.1) is 16.9 Å². The largest absolute Gasteiger partial charge is 0.319 e. The summed E-state index contributed by atoms with van der Waals surface area (Å²) in [6.45, 7) is 1.78. The molecule has 10 nitrogen and oxygen atoms in total. The number of hydrogen-bond acceptors (Lipinski definition) is 6. The standard InChI is InChI=1S/C27H29N7O3S/c1-17-23(26(37)34(33(17)2)19-12-4-3-5-13-19)28-22(35)16-38-21-15-9-8-14-20(21)25(36)30-27-29-24(31-32-27)18-10-6-7-11-18/h3-5,8-9,12-15,18H,6-7,10-11,16H2,1-2H3,(H,28,35)(H2,29,30,31,32,36). The molecule has 196 valence electrons. The molecule has 2 amide bonds. The Morgan fingerprint density at radius 3 is 2.53 bits per heavy atom. The third-order valence-electron chi connectivity index (χ3n) is 6.78. The van der Waals surface area contributed by atoms with Gasteiger partial charge in [-0.2, -0.15) is 4.98 Å². The van der Waals surface area contributed by atoms with Gasteiger partial charge in [0, 0.05) is 17.9 Å². The maximum Gasteiger partial charge on any atom is 0.295 e. The normalized spacial score (nSPS) is 13.5. The van der Waals surface area contributed by atoms with E-state index in [2.05, 4.69) is 25.8 Å². The molecular formula is C27H29N7O3S. The number of carbonyl (C=O) groups is 2. The molecule has 0 atom stereocenters. The van der Waals surface area contributed by atoms with Gasteiger partial charge in [-0.05, 0) is 44.0 Å². The predicted octanol–water partition coefficient (Wildman–Crippen LogP) is 4.24. The first-order valence-corrected chi connectivity index (χ1v) is 13.5. The lowest BCUT2D eigenvalue weighted by molar-refractivity contribution is -0.113. The van der Waals surface area contributed by atoms with Crippen LogP contribution in [0.4, 0.5) is 11.6 Å². The number of carbonyl (C=O) groups excluding carboxylic acids is 2. The lowest BCUT2D eigenvalue weighted by Gasteiger charge is -2.09. The molecule has 1 aliphatic carbocycles. The minimum atomic E-state index is -0.352. The number of rotatable bonds is 8. The molecule has 3 N–H and O–H groups in total. The van der Waals surface area contributed by atoms with Crippen molar-refractivity contribution in [2.75, 3.05) is 16.4 Å². The van der Waals surface area contributed by atoms with Crippen molar-refractivity contribution in [1.82, 2.24) is 24.5 Å². The SMILES string of the molecule is Cc1c(NC(=O)CSc2ccccc2C(=O)Nc2n[nH]c(C3CCCC3)n2)c(=O)n(-c2ccccc2)n1C. The van der Waals surface area contributed by atoms with Crippen molar-refractivity contribution in [1.29, 1.82) is 0 Å². The molecule has 0 saturated heterocycles. The van der Waals surface area contributed by atoms with E-state index in [0.29, 0.717) is 27.8 Å². The highest BCUT2D eigenvalue weighted by molar-refractivity contribution is 8.00. The number of anilines is 2. The van der Waals surface area contributed by atoms with Crippen LogP contribution in [-0.4, -0.2) is 42.1 Å². The van der Waals surface area contributed by atoms with Gasteiger partial charge in [-0.3, -0.25) is 29.5 Å². The van der Waals surface area contributed by atoms with Crippen molar-refractivity contribution >= 4 is 35.2 Å². The van der Waals surface area contributed by atoms with Gasteiger partial charge < -0.3 is 5.32 Å². The number of aromatic amines is 1. The van der Waals surface area contributed by atoms with Crippen LogP contribution in [0.25, 0.3) is 5.69 Å². The molecule has 2 heterocycles.